The van der Waals surface area contributed by atoms with Crippen LogP contribution in [0.4, 0.5) is 34.1 Å². The summed E-state index contributed by atoms with van der Waals surface area (Å²) in [5.41, 5.74) is 14.0. The number of allylic oxidation sites excluding steroid dienone is 7. The summed E-state index contributed by atoms with van der Waals surface area (Å²) in [4.78, 5) is 4.65. The highest BCUT2D eigenvalue weighted by molar-refractivity contribution is 7.20. The molecule has 1 atom stereocenters. The summed E-state index contributed by atoms with van der Waals surface area (Å²) < 4.78 is 0. The zero-order valence-electron chi connectivity index (χ0n) is 33.7. The van der Waals surface area contributed by atoms with Gasteiger partial charge in [0.25, 0.3) is 0 Å². The van der Waals surface area contributed by atoms with Crippen LogP contribution in [-0.2, 0) is 0 Å². The molecule has 7 aromatic rings. The van der Waals surface area contributed by atoms with Gasteiger partial charge in [0.2, 0.25) is 0 Å². The van der Waals surface area contributed by atoms with Crippen molar-refractivity contribution in [2.75, 3.05) is 9.80 Å². The second kappa shape index (κ2) is 21.1. The minimum atomic E-state index is 1.04. The van der Waals surface area contributed by atoms with Gasteiger partial charge in [-0.15, -0.1) is 9.24 Å². The van der Waals surface area contributed by atoms with Crippen molar-refractivity contribution in [3.8, 4) is 11.1 Å². The van der Waals surface area contributed by atoms with Gasteiger partial charge in [0.1, 0.15) is 0 Å². The van der Waals surface area contributed by atoms with Crippen LogP contribution in [0.1, 0.15) is 42.9 Å². The minimum Gasteiger partial charge on any atom is -0.311 e. The second-order valence-electron chi connectivity index (χ2n) is 14.3. The first-order valence-electron chi connectivity index (χ1n) is 20.5. The minimum absolute atomic E-state index is 1.04. The summed E-state index contributed by atoms with van der Waals surface area (Å²) in [6.45, 7) is 2.25. The first-order chi connectivity index (χ1) is 29.2. The quantitative estimate of drug-likeness (QED) is 0.0712. The molecule has 0 amide bonds. The summed E-state index contributed by atoms with van der Waals surface area (Å²) in [5.74, 6) is 1.94. The molecule has 0 radical (unpaired) electrons. The highest BCUT2D eigenvalue weighted by Gasteiger charge is 2.16. The maximum Gasteiger partial charge on any atom is 0.0463 e. The Hall–Kier alpha value is -6.73. The third-order valence-corrected chi connectivity index (χ3v) is 10.4. The van der Waals surface area contributed by atoms with Gasteiger partial charge in [0, 0.05) is 34.1 Å². The van der Waals surface area contributed by atoms with E-state index in [1.54, 1.807) is 0 Å². The second-order valence-corrected chi connectivity index (χ2v) is 14.7. The molecule has 0 aliphatic heterocycles. The number of rotatable bonds is 16. The Morgan fingerprint density at radius 1 is 0.424 bits per heavy atom. The lowest BCUT2D eigenvalue weighted by Gasteiger charge is -2.28. The van der Waals surface area contributed by atoms with E-state index in [0.717, 1.165) is 53.4 Å². The van der Waals surface area contributed by atoms with E-state index in [4.69, 9.17) is 0 Å². The molecule has 0 saturated carbocycles. The van der Waals surface area contributed by atoms with E-state index < -0.39 is 0 Å². The van der Waals surface area contributed by atoms with Crippen LogP contribution in [0.3, 0.4) is 0 Å². The average molecular weight is 783 g/mol. The molecule has 0 aliphatic carbocycles. The fourth-order valence-electron chi connectivity index (χ4n) is 7.10. The van der Waals surface area contributed by atoms with E-state index in [9.17, 15) is 0 Å². The molecule has 290 valence electrons. The van der Waals surface area contributed by atoms with E-state index in [0.29, 0.717) is 0 Å². The van der Waals surface area contributed by atoms with Gasteiger partial charge < -0.3 is 9.80 Å². The van der Waals surface area contributed by atoms with Crippen LogP contribution in [0.25, 0.3) is 28.9 Å². The Morgan fingerprint density at radius 2 is 0.831 bits per heavy atom. The third-order valence-electron chi connectivity index (χ3n) is 10.2. The van der Waals surface area contributed by atoms with Crippen LogP contribution in [0, 0.1) is 0 Å². The predicted octanol–water partition coefficient (Wildman–Crippen LogP) is 16.5. The predicted molar refractivity (Wildman–Crippen MR) is 261 cm³/mol. The molecule has 7 rings (SSSR count). The molecule has 0 bridgehead atoms. The summed E-state index contributed by atoms with van der Waals surface area (Å²) in [6, 6.07) is 67.2. The molecule has 1 unspecified atom stereocenters. The molecule has 7 aromatic carbocycles. The largest absolute Gasteiger partial charge is 0.311 e. The molecule has 0 saturated heterocycles. The fraction of sp³-hybridized carbons (Fsp3) is 0.0714. The van der Waals surface area contributed by atoms with Crippen LogP contribution in [0.2, 0.25) is 0 Å². The first-order valence-corrected chi connectivity index (χ1v) is 21.1. The van der Waals surface area contributed by atoms with Crippen molar-refractivity contribution in [1.82, 2.24) is 0 Å². The average Bonchev–Trinajstić information content (AvgIpc) is 3.30. The van der Waals surface area contributed by atoms with Crippen molar-refractivity contribution in [1.29, 1.82) is 0 Å². The summed E-state index contributed by atoms with van der Waals surface area (Å²) in [5, 5.41) is 0. The van der Waals surface area contributed by atoms with Crippen LogP contribution < -0.4 is 9.80 Å². The maximum atomic E-state index is 2.58. The lowest BCUT2D eigenvalue weighted by Crippen LogP contribution is -2.12. The van der Waals surface area contributed by atoms with Gasteiger partial charge in [-0.25, -0.2) is 0 Å². The van der Waals surface area contributed by atoms with Crippen molar-refractivity contribution < 1.29 is 0 Å². The van der Waals surface area contributed by atoms with E-state index in [-0.39, 0.29) is 0 Å². The fourth-order valence-corrected chi connectivity index (χ4v) is 7.23. The van der Waals surface area contributed by atoms with E-state index in [1.807, 2.05) is 24.0 Å². The standard InChI is InChI=1S/C56H51N2P/c1-2-3-22-47(23-17-21-45-18-10-6-11-19-45)49-32-36-53(37-33-49)57(51-24-12-7-13-25-51)55-40-42-56(43-41-55)58(52-26-14-8-15-27-52)54-38-34-50(35-39-54)48-30-28-46(29-31-48)20-9-4-5-16-44-59/h4-21,23-44H,2-3,22,59H2,1H3/b5-4-,20-9-,21-17+,44-16+,47-23+. The highest BCUT2D eigenvalue weighted by atomic mass is 31.0. The van der Waals surface area contributed by atoms with Crippen LogP contribution in [0.5, 0.6) is 0 Å². The zero-order chi connectivity index (χ0) is 40.5. The zero-order valence-corrected chi connectivity index (χ0v) is 34.8. The molecule has 0 spiro atoms. The molecule has 0 heterocycles. The molecule has 0 aliphatic rings. The number of hydrogen-bond donors (Lipinski definition) is 0. The van der Waals surface area contributed by atoms with Crippen LogP contribution in [0.15, 0.2) is 230 Å². The highest BCUT2D eigenvalue weighted by Crippen LogP contribution is 2.40. The van der Waals surface area contributed by atoms with Gasteiger partial charge in [-0.3, -0.25) is 0 Å². The molecule has 2 nitrogen and oxygen atoms in total. The maximum absolute atomic E-state index is 2.58. The molecule has 0 aromatic heterocycles. The van der Waals surface area contributed by atoms with Gasteiger partial charge >= 0.3 is 0 Å². The van der Waals surface area contributed by atoms with Crippen LogP contribution in [-0.4, -0.2) is 0 Å². The first kappa shape index (κ1) is 40.5. The number of nitrogens with zero attached hydrogens (tertiary/aromatic N) is 2. The topological polar surface area (TPSA) is 6.48 Å². The molecular formula is C56H51N2P. The van der Waals surface area contributed by atoms with Crippen molar-refractivity contribution in [2.45, 2.75) is 26.2 Å². The number of unbranched alkanes of at least 4 members (excludes halogenated alkanes) is 1. The number of hydrogen-bond acceptors (Lipinski definition) is 2. The molecule has 0 fully saturated rings. The van der Waals surface area contributed by atoms with E-state index >= 15 is 0 Å². The Labute approximate surface area is 353 Å². The Balaban J connectivity index is 1.15. The summed E-state index contributed by atoms with van der Waals surface area (Å²) in [7, 11) is 2.58. The van der Waals surface area contributed by atoms with Gasteiger partial charge in [-0.2, -0.15) is 0 Å². The number of para-hydroxylation sites is 2. The number of anilines is 6. The molecule has 3 heteroatoms. The van der Waals surface area contributed by atoms with Crippen molar-refractivity contribution in [2.24, 2.45) is 0 Å². The monoisotopic (exact) mass is 782 g/mol. The smallest absolute Gasteiger partial charge is 0.0463 e. The van der Waals surface area contributed by atoms with Gasteiger partial charge in [-0.1, -0.05) is 183 Å². The summed E-state index contributed by atoms with van der Waals surface area (Å²) >= 11 is 0. The molecule has 0 N–H and O–H groups in total. The van der Waals surface area contributed by atoms with Gasteiger partial charge in [-0.05, 0) is 119 Å². The number of benzene rings is 7. The van der Waals surface area contributed by atoms with Crippen molar-refractivity contribution in [3.63, 3.8) is 0 Å². The lowest BCUT2D eigenvalue weighted by molar-refractivity contribution is 0.824. The van der Waals surface area contributed by atoms with Gasteiger partial charge in [0.05, 0.1) is 0 Å². The Kier molecular flexibility index (Phi) is 14.5. The van der Waals surface area contributed by atoms with Crippen molar-refractivity contribution in [3.05, 3.63) is 247 Å². The third kappa shape index (κ3) is 11.0. The molecule has 59 heavy (non-hydrogen) atoms. The Morgan fingerprint density at radius 3 is 1.34 bits per heavy atom. The molecular weight excluding hydrogens is 732 g/mol. The Bertz CT molecular complexity index is 2480. The van der Waals surface area contributed by atoms with E-state index in [2.05, 4.69) is 244 Å². The SMILES string of the molecule is CCCC/C(=C\C=C\c1ccccc1)c1ccc(N(c2ccccc2)c2ccc(N(c3ccccc3)c3ccc(-c4ccc(\C=C/C=C\C=C\P)cc4)cc3)cc2)cc1. The van der Waals surface area contributed by atoms with Gasteiger partial charge in [0.15, 0.2) is 0 Å². The van der Waals surface area contributed by atoms with Crippen LogP contribution >= 0.6 is 9.24 Å². The normalized spacial score (nSPS) is 11.9. The van der Waals surface area contributed by atoms with Crippen molar-refractivity contribution >= 4 is 61.1 Å². The van der Waals surface area contributed by atoms with E-state index in [1.165, 1.54) is 33.4 Å². The summed E-state index contributed by atoms with van der Waals surface area (Å²) in [6.07, 6.45) is 20.2. The lowest BCUT2D eigenvalue weighted by atomic mass is 9.99.